The van der Waals surface area contributed by atoms with E-state index >= 15 is 0 Å². The normalized spacial score (nSPS) is 10.9. The fourth-order valence-electron chi connectivity index (χ4n) is 0.902. The zero-order chi connectivity index (χ0) is 10.0. The molecule has 0 spiro atoms. The molecule has 0 bridgehead atoms. The van der Waals surface area contributed by atoms with Gasteiger partial charge in [0, 0.05) is 21.8 Å². The fraction of sp³-hybridized carbons (Fsp3) is 0.286. The molecule has 0 aliphatic heterocycles. The zero-order valence-corrected chi connectivity index (χ0v) is 7.85. The number of hydrogen-bond acceptors (Lipinski definition) is 2. The Morgan fingerprint density at radius 3 is 2.54 bits per heavy atom. The Morgan fingerprint density at radius 1 is 1.54 bits per heavy atom. The molecule has 0 atom stereocenters. The summed E-state index contributed by atoms with van der Waals surface area (Å²) in [5.74, 6) is -1.07. The monoisotopic (exact) mass is 255 g/mol. The summed E-state index contributed by atoms with van der Waals surface area (Å²) in [6.07, 6.45) is -1.90. The van der Waals surface area contributed by atoms with Crippen LogP contribution in [-0.4, -0.2) is 10.1 Å². The van der Waals surface area contributed by atoms with Gasteiger partial charge >= 0.3 is 0 Å². The maximum Gasteiger partial charge on any atom is 0.265 e. The van der Waals surface area contributed by atoms with E-state index in [0.717, 1.165) is 6.20 Å². The van der Waals surface area contributed by atoms with Gasteiger partial charge in [-0.25, -0.2) is 13.8 Å². The first kappa shape index (κ1) is 10.5. The number of hydrogen-bond donors (Lipinski definition) is 1. The van der Waals surface area contributed by atoms with Crippen LogP contribution in [0.3, 0.4) is 0 Å². The van der Waals surface area contributed by atoms with Crippen LogP contribution in [0.1, 0.15) is 17.6 Å². The zero-order valence-electron chi connectivity index (χ0n) is 6.27. The first-order chi connectivity index (χ1) is 6.07. The lowest BCUT2D eigenvalue weighted by molar-refractivity contribution is 0.144. The van der Waals surface area contributed by atoms with Crippen LogP contribution in [-0.2, 0) is 6.61 Å². The number of aliphatic hydroxyl groups excluding tert-OH is 1. The van der Waals surface area contributed by atoms with Gasteiger partial charge in [-0.2, -0.15) is 4.39 Å². The average Bonchev–Trinajstić information content (AvgIpc) is 2.07. The molecule has 1 heterocycles. The number of nitrogens with zero attached hydrogens (tertiary/aromatic N) is 1. The van der Waals surface area contributed by atoms with Crippen LogP contribution in [0.25, 0.3) is 0 Å². The van der Waals surface area contributed by atoms with E-state index in [0.29, 0.717) is 0 Å². The van der Waals surface area contributed by atoms with Crippen LogP contribution in [0, 0.1) is 5.95 Å². The van der Waals surface area contributed by atoms with E-state index in [1.165, 1.54) is 0 Å². The average molecular weight is 256 g/mol. The van der Waals surface area contributed by atoms with Crippen LogP contribution in [0.4, 0.5) is 13.2 Å². The maximum absolute atomic E-state index is 12.8. The molecule has 0 aliphatic carbocycles. The molecule has 2 nitrogen and oxygen atoms in total. The largest absolute Gasteiger partial charge is 0.391 e. The molecule has 0 fully saturated rings. The van der Waals surface area contributed by atoms with Gasteiger partial charge in [0.25, 0.3) is 6.43 Å². The summed E-state index contributed by atoms with van der Waals surface area (Å²) >= 11 is 2.80. The smallest absolute Gasteiger partial charge is 0.265 e. The van der Waals surface area contributed by atoms with Crippen LogP contribution in [0.2, 0.25) is 0 Å². The predicted octanol–water partition coefficient (Wildman–Crippen LogP) is 2.41. The van der Waals surface area contributed by atoms with Crippen molar-refractivity contribution < 1.29 is 18.3 Å². The van der Waals surface area contributed by atoms with Crippen molar-refractivity contribution in [3.05, 3.63) is 27.7 Å². The Bertz CT molecular complexity index is 319. The Labute approximate surface area is 80.5 Å². The summed E-state index contributed by atoms with van der Waals surface area (Å²) in [4.78, 5) is 3.19. The molecule has 13 heavy (non-hydrogen) atoms. The highest BCUT2D eigenvalue weighted by Crippen LogP contribution is 2.30. The van der Waals surface area contributed by atoms with Crippen LogP contribution in [0.15, 0.2) is 10.7 Å². The molecule has 1 rings (SSSR count). The molecule has 0 radical (unpaired) electrons. The topological polar surface area (TPSA) is 33.1 Å². The van der Waals surface area contributed by atoms with Crippen molar-refractivity contribution in [1.29, 1.82) is 0 Å². The van der Waals surface area contributed by atoms with Gasteiger partial charge < -0.3 is 5.11 Å². The number of halogens is 4. The van der Waals surface area contributed by atoms with Gasteiger partial charge in [-0.1, -0.05) is 0 Å². The third-order valence-electron chi connectivity index (χ3n) is 1.50. The number of alkyl halides is 2. The maximum atomic E-state index is 12.8. The van der Waals surface area contributed by atoms with Crippen molar-refractivity contribution in [2.75, 3.05) is 0 Å². The highest BCUT2D eigenvalue weighted by atomic mass is 79.9. The summed E-state index contributed by atoms with van der Waals surface area (Å²) in [6, 6.07) is 0. The molecule has 72 valence electrons. The Balaban J connectivity index is 3.35. The highest BCUT2D eigenvalue weighted by Gasteiger charge is 2.20. The molecular weight excluding hydrogens is 251 g/mol. The summed E-state index contributed by atoms with van der Waals surface area (Å²) in [5, 5.41) is 8.64. The van der Waals surface area contributed by atoms with Crippen molar-refractivity contribution in [3.8, 4) is 0 Å². The highest BCUT2D eigenvalue weighted by molar-refractivity contribution is 9.10. The molecule has 1 N–H and O–H groups in total. The minimum atomic E-state index is -2.84. The van der Waals surface area contributed by atoms with Gasteiger partial charge in [-0.3, -0.25) is 0 Å². The van der Waals surface area contributed by atoms with Crippen molar-refractivity contribution in [2.24, 2.45) is 0 Å². The van der Waals surface area contributed by atoms with Crippen molar-refractivity contribution in [1.82, 2.24) is 4.98 Å². The fourth-order valence-corrected chi connectivity index (χ4v) is 1.42. The van der Waals surface area contributed by atoms with Gasteiger partial charge in [0.15, 0.2) is 0 Å². The van der Waals surface area contributed by atoms with Gasteiger partial charge in [-0.05, 0) is 15.9 Å². The van der Waals surface area contributed by atoms with E-state index in [9.17, 15) is 13.2 Å². The quantitative estimate of drug-likeness (QED) is 0.824. The second kappa shape index (κ2) is 4.06. The van der Waals surface area contributed by atoms with E-state index in [1.807, 2.05) is 0 Å². The summed E-state index contributed by atoms with van der Waals surface area (Å²) < 4.78 is 37.4. The lowest BCUT2D eigenvalue weighted by Gasteiger charge is -2.08. The van der Waals surface area contributed by atoms with E-state index in [-0.39, 0.29) is 4.47 Å². The van der Waals surface area contributed by atoms with E-state index in [4.69, 9.17) is 5.11 Å². The van der Waals surface area contributed by atoms with Gasteiger partial charge in [0.1, 0.15) is 0 Å². The van der Waals surface area contributed by atoms with E-state index in [1.54, 1.807) is 0 Å². The van der Waals surface area contributed by atoms with Crippen molar-refractivity contribution >= 4 is 15.9 Å². The molecule has 0 unspecified atom stereocenters. The Hall–Kier alpha value is -0.620. The minimum absolute atomic E-state index is 0.00653. The molecule has 0 saturated heterocycles. The third kappa shape index (κ3) is 2.00. The summed E-state index contributed by atoms with van der Waals surface area (Å²) in [6.45, 7) is -0.794. The van der Waals surface area contributed by atoms with Gasteiger partial charge in [0.05, 0.1) is 6.61 Å². The van der Waals surface area contributed by atoms with E-state index < -0.39 is 30.1 Å². The van der Waals surface area contributed by atoms with Crippen molar-refractivity contribution in [3.63, 3.8) is 0 Å². The summed E-state index contributed by atoms with van der Waals surface area (Å²) in [5.41, 5.74) is -1.01. The van der Waals surface area contributed by atoms with Gasteiger partial charge in [0.2, 0.25) is 5.95 Å². The number of rotatable bonds is 2. The second-order valence-electron chi connectivity index (χ2n) is 2.25. The standard InChI is InChI=1S/C7H5BrF3NO/c8-4-1-12-7(11)3(2-13)5(4)6(9)10/h1,6,13H,2H2. The molecule has 0 saturated carbocycles. The molecule has 0 amide bonds. The lowest BCUT2D eigenvalue weighted by atomic mass is 10.1. The first-order valence-electron chi connectivity index (χ1n) is 3.29. The summed E-state index contributed by atoms with van der Waals surface area (Å²) in [7, 11) is 0. The van der Waals surface area contributed by atoms with Crippen LogP contribution < -0.4 is 0 Å². The van der Waals surface area contributed by atoms with Crippen LogP contribution in [0.5, 0.6) is 0 Å². The molecular formula is C7H5BrF3NO. The molecule has 0 aromatic carbocycles. The first-order valence-corrected chi connectivity index (χ1v) is 4.09. The predicted molar refractivity (Wildman–Crippen MR) is 42.8 cm³/mol. The number of aromatic nitrogens is 1. The molecule has 6 heteroatoms. The van der Waals surface area contributed by atoms with Crippen molar-refractivity contribution in [2.45, 2.75) is 13.0 Å². The number of aliphatic hydroxyl groups is 1. The molecule has 0 aliphatic rings. The Kier molecular flexibility index (Phi) is 3.27. The molecule has 1 aromatic heterocycles. The van der Waals surface area contributed by atoms with Gasteiger partial charge in [-0.15, -0.1) is 0 Å². The lowest BCUT2D eigenvalue weighted by Crippen LogP contribution is -2.02. The Morgan fingerprint density at radius 2 is 2.15 bits per heavy atom. The second-order valence-corrected chi connectivity index (χ2v) is 3.10. The van der Waals surface area contributed by atoms with Crippen LogP contribution >= 0.6 is 15.9 Å². The minimum Gasteiger partial charge on any atom is -0.391 e. The number of pyridine rings is 1. The third-order valence-corrected chi connectivity index (χ3v) is 2.13. The SMILES string of the molecule is OCc1c(F)ncc(Br)c1C(F)F. The van der Waals surface area contributed by atoms with E-state index in [2.05, 4.69) is 20.9 Å². The molecule has 1 aromatic rings.